The fraction of sp³-hybridized carbons (Fsp3) is 0.500. The van der Waals surface area contributed by atoms with Crippen LogP contribution in [0.4, 0.5) is 0 Å². The molecule has 1 fully saturated rings. The molecular formula is C12H17NO3. The second-order valence-corrected chi connectivity index (χ2v) is 3.79. The van der Waals surface area contributed by atoms with Gasteiger partial charge in [0.1, 0.15) is 5.75 Å². The highest BCUT2D eigenvalue weighted by atomic mass is 16.7. The lowest BCUT2D eigenvalue weighted by atomic mass is 10.0. The molecule has 1 atom stereocenters. The Kier molecular flexibility index (Phi) is 3.77. The Hall–Kier alpha value is -1.10. The summed E-state index contributed by atoms with van der Waals surface area (Å²) in [4.78, 5) is 0. The van der Waals surface area contributed by atoms with Crippen molar-refractivity contribution in [1.82, 2.24) is 0 Å². The zero-order valence-corrected chi connectivity index (χ0v) is 9.39. The van der Waals surface area contributed by atoms with E-state index < -0.39 is 0 Å². The van der Waals surface area contributed by atoms with Gasteiger partial charge in [-0.15, -0.1) is 0 Å². The van der Waals surface area contributed by atoms with Gasteiger partial charge in [-0.2, -0.15) is 0 Å². The van der Waals surface area contributed by atoms with Crippen molar-refractivity contribution in [2.45, 2.75) is 18.8 Å². The molecule has 1 aromatic carbocycles. The maximum absolute atomic E-state index is 6.08. The minimum absolute atomic E-state index is 0.0850. The summed E-state index contributed by atoms with van der Waals surface area (Å²) >= 11 is 0. The number of nitrogens with two attached hydrogens (primary N) is 1. The topological polar surface area (TPSA) is 53.7 Å². The smallest absolute Gasteiger partial charge is 0.159 e. The summed E-state index contributed by atoms with van der Waals surface area (Å²) in [6.07, 6.45) is 0.508. The van der Waals surface area contributed by atoms with Crippen LogP contribution in [0.25, 0.3) is 0 Å². The zero-order valence-electron chi connectivity index (χ0n) is 9.39. The largest absolute Gasteiger partial charge is 0.497 e. The van der Waals surface area contributed by atoms with Gasteiger partial charge in [0.2, 0.25) is 0 Å². The Morgan fingerprint density at radius 2 is 2.19 bits per heavy atom. The molecule has 2 N–H and O–H groups in total. The van der Waals surface area contributed by atoms with Gasteiger partial charge in [0.05, 0.1) is 20.3 Å². The van der Waals surface area contributed by atoms with Gasteiger partial charge in [-0.3, -0.25) is 0 Å². The highest BCUT2D eigenvalue weighted by molar-refractivity contribution is 5.30. The number of ether oxygens (including phenoxy) is 3. The summed E-state index contributed by atoms with van der Waals surface area (Å²) in [5, 5.41) is 0. The molecule has 4 heteroatoms. The molecule has 88 valence electrons. The van der Waals surface area contributed by atoms with Gasteiger partial charge in [-0.1, -0.05) is 12.1 Å². The Balaban J connectivity index is 1.98. The summed E-state index contributed by atoms with van der Waals surface area (Å²) in [7, 11) is 1.65. The van der Waals surface area contributed by atoms with Crippen molar-refractivity contribution in [1.29, 1.82) is 0 Å². The third-order valence-corrected chi connectivity index (χ3v) is 2.66. The number of benzene rings is 1. The summed E-state index contributed by atoms with van der Waals surface area (Å²) in [6, 6.07) is 7.68. The van der Waals surface area contributed by atoms with Crippen LogP contribution in [0.1, 0.15) is 18.0 Å². The van der Waals surface area contributed by atoms with Crippen LogP contribution in [0, 0.1) is 0 Å². The Bertz CT molecular complexity index is 337. The van der Waals surface area contributed by atoms with Crippen molar-refractivity contribution in [3.8, 4) is 5.75 Å². The number of rotatable bonds is 4. The average Bonchev–Trinajstić information content (AvgIpc) is 2.82. The summed E-state index contributed by atoms with van der Waals surface area (Å²) in [5.41, 5.74) is 7.12. The van der Waals surface area contributed by atoms with Crippen molar-refractivity contribution >= 4 is 0 Å². The van der Waals surface area contributed by atoms with Gasteiger partial charge in [-0.05, 0) is 17.7 Å². The van der Waals surface area contributed by atoms with Gasteiger partial charge in [-0.25, -0.2) is 0 Å². The normalized spacial score (nSPS) is 18.6. The molecule has 4 nitrogen and oxygen atoms in total. The lowest BCUT2D eigenvalue weighted by molar-refractivity contribution is -0.0507. The van der Waals surface area contributed by atoms with Crippen molar-refractivity contribution in [3.63, 3.8) is 0 Å². The summed E-state index contributed by atoms with van der Waals surface area (Å²) in [5.74, 6) is 0.821. The van der Waals surface area contributed by atoms with E-state index in [4.69, 9.17) is 19.9 Å². The second-order valence-electron chi connectivity index (χ2n) is 3.79. The van der Waals surface area contributed by atoms with Crippen LogP contribution in [-0.2, 0) is 9.47 Å². The fourth-order valence-corrected chi connectivity index (χ4v) is 1.76. The quantitative estimate of drug-likeness (QED) is 0.839. The van der Waals surface area contributed by atoms with E-state index in [1.165, 1.54) is 0 Å². The van der Waals surface area contributed by atoms with Crippen LogP contribution in [0.2, 0.25) is 0 Å². The first-order chi connectivity index (χ1) is 7.79. The van der Waals surface area contributed by atoms with E-state index >= 15 is 0 Å². The average molecular weight is 223 g/mol. The summed E-state index contributed by atoms with van der Waals surface area (Å²) < 4.78 is 15.9. The Morgan fingerprint density at radius 1 is 1.44 bits per heavy atom. The molecule has 2 rings (SSSR count). The maximum Gasteiger partial charge on any atom is 0.159 e. The molecule has 0 bridgehead atoms. The first-order valence-electron chi connectivity index (χ1n) is 5.42. The van der Waals surface area contributed by atoms with Crippen LogP contribution in [-0.4, -0.2) is 26.6 Å². The third kappa shape index (κ3) is 2.72. The molecule has 1 heterocycles. The minimum atomic E-state index is -0.166. The van der Waals surface area contributed by atoms with Gasteiger partial charge in [0.25, 0.3) is 0 Å². The zero-order chi connectivity index (χ0) is 11.4. The Morgan fingerprint density at radius 3 is 2.88 bits per heavy atom. The molecule has 0 aromatic heterocycles. The lowest BCUT2D eigenvalue weighted by Crippen LogP contribution is -2.19. The molecule has 0 amide bonds. The van der Waals surface area contributed by atoms with E-state index in [2.05, 4.69) is 0 Å². The number of hydrogen-bond acceptors (Lipinski definition) is 4. The molecule has 1 saturated heterocycles. The molecular weight excluding hydrogens is 206 g/mol. The van der Waals surface area contributed by atoms with Crippen LogP contribution in [0.5, 0.6) is 5.75 Å². The second kappa shape index (κ2) is 5.30. The van der Waals surface area contributed by atoms with Crippen molar-refractivity contribution in [2.75, 3.05) is 20.3 Å². The summed E-state index contributed by atoms with van der Waals surface area (Å²) in [6.45, 7) is 1.32. The standard InChI is InChI=1S/C12H17NO3/c1-14-10-4-2-3-9(7-10)11(13)8-12-15-5-6-16-12/h2-4,7,11-12H,5-6,8,13H2,1H3. The number of hydrogen-bond donors (Lipinski definition) is 1. The first-order valence-corrected chi connectivity index (χ1v) is 5.42. The monoisotopic (exact) mass is 223 g/mol. The molecule has 0 radical (unpaired) electrons. The number of methoxy groups -OCH3 is 1. The van der Waals surface area contributed by atoms with Crippen LogP contribution < -0.4 is 10.5 Å². The van der Waals surface area contributed by atoms with Crippen LogP contribution >= 0.6 is 0 Å². The van der Waals surface area contributed by atoms with Gasteiger partial charge in [0, 0.05) is 12.5 Å². The predicted molar refractivity (Wildman–Crippen MR) is 60.2 cm³/mol. The molecule has 1 aliphatic heterocycles. The van der Waals surface area contributed by atoms with E-state index in [1.54, 1.807) is 7.11 Å². The molecule has 1 aromatic rings. The van der Waals surface area contributed by atoms with Crippen LogP contribution in [0.3, 0.4) is 0 Å². The predicted octanol–water partition coefficient (Wildman–Crippen LogP) is 1.46. The molecule has 1 unspecified atom stereocenters. The molecule has 0 spiro atoms. The molecule has 1 aliphatic rings. The van der Waals surface area contributed by atoms with E-state index in [-0.39, 0.29) is 12.3 Å². The van der Waals surface area contributed by atoms with Crippen molar-refractivity contribution in [3.05, 3.63) is 29.8 Å². The van der Waals surface area contributed by atoms with E-state index in [0.717, 1.165) is 11.3 Å². The minimum Gasteiger partial charge on any atom is -0.497 e. The molecule has 0 saturated carbocycles. The Labute approximate surface area is 95.3 Å². The van der Waals surface area contributed by atoms with Gasteiger partial charge >= 0.3 is 0 Å². The first kappa shape index (κ1) is 11.4. The van der Waals surface area contributed by atoms with E-state index in [0.29, 0.717) is 19.6 Å². The van der Waals surface area contributed by atoms with E-state index in [1.807, 2.05) is 24.3 Å². The van der Waals surface area contributed by atoms with Gasteiger partial charge < -0.3 is 19.9 Å². The van der Waals surface area contributed by atoms with Crippen molar-refractivity contribution in [2.24, 2.45) is 5.73 Å². The van der Waals surface area contributed by atoms with Gasteiger partial charge in [0.15, 0.2) is 6.29 Å². The van der Waals surface area contributed by atoms with E-state index in [9.17, 15) is 0 Å². The highest BCUT2D eigenvalue weighted by Crippen LogP contribution is 2.23. The molecule has 0 aliphatic carbocycles. The molecule has 16 heavy (non-hydrogen) atoms. The lowest BCUT2D eigenvalue weighted by Gasteiger charge is -2.16. The SMILES string of the molecule is COc1cccc(C(N)CC2OCCO2)c1. The van der Waals surface area contributed by atoms with Crippen molar-refractivity contribution < 1.29 is 14.2 Å². The van der Waals surface area contributed by atoms with Crippen LogP contribution in [0.15, 0.2) is 24.3 Å². The third-order valence-electron chi connectivity index (χ3n) is 2.66. The maximum atomic E-state index is 6.08. The highest BCUT2D eigenvalue weighted by Gasteiger charge is 2.20. The fourth-order valence-electron chi connectivity index (χ4n) is 1.76.